The molecule has 0 radical (unpaired) electrons. The fourth-order valence-corrected chi connectivity index (χ4v) is 2.74. The van der Waals surface area contributed by atoms with Gasteiger partial charge in [0.25, 0.3) is 0 Å². The Balaban J connectivity index is 2.34. The standard InChI is InChI=1S/C18H27NO2/c1-12(2)21-16-9-8-13(11-14(16)18(3,4)5)17(20)15-7-6-10-19-15/h8-9,11-12,15,19H,6-7,10H2,1-5H3. The van der Waals surface area contributed by atoms with Crippen LogP contribution in [0.1, 0.15) is 63.4 Å². The SMILES string of the molecule is CC(C)Oc1ccc(C(=O)C2CCCN2)cc1C(C)(C)C. The van der Waals surface area contributed by atoms with E-state index in [-0.39, 0.29) is 23.3 Å². The lowest BCUT2D eigenvalue weighted by molar-refractivity contribution is 0.0952. The van der Waals surface area contributed by atoms with Crippen molar-refractivity contribution in [3.8, 4) is 5.75 Å². The molecule has 1 aromatic carbocycles. The van der Waals surface area contributed by atoms with Crippen molar-refractivity contribution in [3.05, 3.63) is 29.3 Å². The molecule has 3 nitrogen and oxygen atoms in total. The van der Waals surface area contributed by atoms with Crippen molar-refractivity contribution in [2.24, 2.45) is 0 Å². The Morgan fingerprint density at radius 2 is 2.05 bits per heavy atom. The first-order valence-corrected chi connectivity index (χ1v) is 7.88. The molecule has 1 aromatic rings. The normalized spacial score (nSPS) is 19.0. The highest BCUT2D eigenvalue weighted by atomic mass is 16.5. The minimum Gasteiger partial charge on any atom is -0.491 e. The van der Waals surface area contributed by atoms with Gasteiger partial charge in [0, 0.05) is 11.1 Å². The second kappa shape index (κ2) is 6.18. The van der Waals surface area contributed by atoms with E-state index in [1.807, 2.05) is 32.0 Å². The number of rotatable bonds is 4. The largest absolute Gasteiger partial charge is 0.491 e. The van der Waals surface area contributed by atoms with E-state index in [0.717, 1.165) is 36.3 Å². The maximum Gasteiger partial charge on any atom is 0.179 e. The summed E-state index contributed by atoms with van der Waals surface area (Å²) in [5.41, 5.74) is 1.83. The van der Waals surface area contributed by atoms with Crippen molar-refractivity contribution in [2.75, 3.05) is 6.54 Å². The predicted octanol–water partition coefficient (Wildman–Crippen LogP) is 3.71. The molecule has 0 aliphatic carbocycles. The first-order valence-electron chi connectivity index (χ1n) is 7.88. The average Bonchev–Trinajstić information content (AvgIpc) is 2.90. The quantitative estimate of drug-likeness (QED) is 0.859. The van der Waals surface area contributed by atoms with Gasteiger partial charge in [0.05, 0.1) is 12.1 Å². The summed E-state index contributed by atoms with van der Waals surface area (Å²) in [5.74, 6) is 1.09. The van der Waals surface area contributed by atoms with E-state index in [2.05, 4.69) is 26.1 Å². The summed E-state index contributed by atoms with van der Waals surface area (Å²) in [4.78, 5) is 12.6. The Bertz CT molecular complexity index is 508. The van der Waals surface area contributed by atoms with Gasteiger partial charge in [-0.15, -0.1) is 0 Å². The van der Waals surface area contributed by atoms with Gasteiger partial charge in [-0.05, 0) is 56.8 Å². The lowest BCUT2D eigenvalue weighted by Crippen LogP contribution is -2.31. The third-order valence-electron chi connectivity index (χ3n) is 3.81. The Kier molecular flexibility index (Phi) is 4.72. The van der Waals surface area contributed by atoms with Crippen LogP contribution in [0.25, 0.3) is 0 Å². The maximum absolute atomic E-state index is 12.6. The second-order valence-electron chi connectivity index (χ2n) is 7.14. The van der Waals surface area contributed by atoms with Crippen molar-refractivity contribution >= 4 is 5.78 Å². The molecule has 116 valence electrons. The molecule has 0 amide bonds. The summed E-state index contributed by atoms with van der Waals surface area (Å²) in [7, 11) is 0. The number of benzene rings is 1. The van der Waals surface area contributed by atoms with Crippen LogP contribution in [0.15, 0.2) is 18.2 Å². The minimum absolute atomic E-state index is 0.0188. The molecule has 0 spiro atoms. The van der Waals surface area contributed by atoms with Gasteiger partial charge in [0.15, 0.2) is 5.78 Å². The van der Waals surface area contributed by atoms with Crippen LogP contribution in [-0.4, -0.2) is 24.5 Å². The molecule has 1 atom stereocenters. The van der Waals surface area contributed by atoms with Crippen molar-refractivity contribution < 1.29 is 9.53 Å². The van der Waals surface area contributed by atoms with Gasteiger partial charge in [-0.25, -0.2) is 0 Å². The van der Waals surface area contributed by atoms with E-state index in [9.17, 15) is 4.79 Å². The van der Waals surface area contributed by atoms with Gasteiger partial charge in [-0.3, -0.25) is 4.79 Å². The predicted molar refractivity (Wildman–Crippen MR) is 86.3 cm³/mol. The van der Waals surface area contributed by atoms with E-state index in [1.165, 1.54) is 0 Å². The number of carbonyl (C=O) groups excluding carboxylic acids is 1. The molecule has 1 aliphatic rings. The summed E-state index contributed by atoms with van der Waals surface area (Å²) in [5, 5.41) is 3.28. The van der Waals surface area contributed by atoms with Crippen LogP contribution < -0.4 is 10.1 Å². The molecule has 0 aromatic heterocycles. The fourth-order valence-electron chi connectivity index (χ4n) is 2.74. The third-order valence-corrected chi connectivity index (χ3v) is 3.81. The molecular formula is C18H27NO2. The molecule has 0 bridgehead atoms. The lowest BCUT2D eigenvalue weighted by Gasteiger charge is -2.25. The number of ether oxygens (including phenoxy) is 1. The zero-order valence-corrected chi connectivity index (χ0v) is 13.8. The molecule has 1 N–H and O–H groups in total. The van der Waals surface area contributed by atoms with Crippen molar-refractivity contribution in [1.29, 1.82) is 0 Å². The van der Waals surface area contributed by atoms with Gasteiger partial charge < -0.3 is 10.1 Å². The van der Waals surface area contributed by atoms with Crippen LogP contribution in [0.5, 0.6) is 5.75 Å². The van der Waals surface area contributed by atoms with Crippen LogP contribution in [0.3, 0.4) is 0 Å². The van der Waals surface area contributed by atoms with E-state index in [1.54, 1.807) is 0 Å². The number of hydrogen-bond acceptors (Lipinski definition) is 3. The highest BCUT2D eigenvalue weighted by Gasteiger charge is 2.26. The lowest BCUT2D eigenvalue weighted by atomic mass is 9.84. The number of nitrogens with one attached hydrogen (secondary N) is 1. The van der Waals surface area contributed by atoms with E-state index >= 15 is 0 Å². The van der Waals surface area contributed by atoms with Crippen LogP contribution >= 0.6 is 0 Å². The summed E-state index contributed by atoms with van der Waals surface area (Å²) in [6, 6.07) is 5.84. The Hall–Kier alpha value is -1.35. The van der Waals surface area contributed by atoms with Gasteiger partial charge in [-0.2, -0.15) is 0 Å². The summed E-state index contributed by atoms with van der Waals surface area (Å²) in [6.45, 7) is 11.4. The van der Waals surface area contributed by atoms with Crippen molar-refractivity contribution in [2.45, 2.75) is 65.0 Å². The highest BCUT2D eigenvalue weighted by Crippen LogP contribution is 2.33. The van der Waals surface area contributed by atoms with Crippen LogP contribution in [0, 0.1) is 0 Å². The number of carbonyl (C=O) groups is 1. The topological polar surface area (TPSA) is 38.3 Å². The summed E-state index contributed by atoms with van der Waals surface area (Å²) < 4.78 is 5.91. The maximum atomic E-state index is 12.6. The van der Waals surface area contributed by atoms with Crippen LogP contribution in [0.4, 0.5) is 0 Å². The van der Waals surface area contributed by atoms with E-state index in [4.69, 9.17) is 4.74 Å². The van der Waals surface area contributed by atoms with Gasteiger partial charge in [0.2, 0.25) is 0 Å². The molecule has 2 rings (SSSR count). The molecule has 1 fully saturated rings. The molecule has 1 saturated heterocycles. The third kappa shape index (κ3) is 3.85. The minimum atomic E-state index is -0.0520. The number of hydrogen-bond donors (Lipinski definition) is 1. The Morgan fingerprint density at radius 1 is 1.33 bits per heavy atom. The van der Waals surface area contributed by atoms with Gasteiger partial charge >= 0.3 is 0 Å². The smallest absolute Gasteiger partial charge is 0.179 e. The zero-order valence-electron chi connectivity index (χ0n) is 13.8. The second-order valence-corrected chi connectivity index (χ2v) is 7.14. The van der Waals surface area contributed by atoms with Crippen molar-refractivity contribution in [1.82, 2.24) is 5.32 Å². The Labute approximate surface area is 128 Å². The average molecular weight is 289 g/mol. The molecule has 3 heteroatoms. The van der Waals surface area contributed by atoms with Crippen LogP contribution in [0.2, 0.25) is 0 Å². The van der Waals surface area contributed by atoms with E-state index < -0.39 is 0 Å². The summed E-state index contributed by atoms with van der Waals surface area (Å²) in [6.07, 6.45) is 2.15. The molecule has 1 aliphatic heterocycles. The fraction of sp³-hybridized carbons (Fsp3) is 0.611. The molecule has 1 heterocycles. The summed E-state index contributed by atoms with van der Waals surface area (Å²) >= 11 is 0. The highest BCUT2D eigenvalue weighted by molar-refractivity contribution is 6.00. The molecule has 0 saturated carbocycles. The van der Waals surface area contributed by atoms with Crippen molar-refractivity contribution in [3.63, 3.8) is 0 Å². The molecule has 1 unspecified atom stereocenters. The van der Waals surface area contributed by atoms with Gasteiger partial charge in [0.1, 0.15) is 5.75 Å². The molecular weight excluding hydrogens is 262 g/mol. The molecule has 21 heavy (non-hydrogen) atoms. The first kappa shape index (κ1) is 16.0. The number of Topliss-reactive ketones (excluding diaryl/α,β-unsaturated/α-hetero) is 1. The van der Waals surface area contributed by atoms with Crippen LogP contribution in [-0.2, 0) is 5.41 Å². The first-order chi connectivity index (χ1) is 9.79. The van der Waals surface area contributed by atoms with Gasteiger partial charge in [-0.1, -0.05) is 20.8 Å². The number of ketones is 1. The van der Waals surface area contributed by atoms with E-state index in [0.29, 0.717) is 0 Å². The zero-order chi connectivity index (χ0) is 15.6. The monoisotopic (exact) mass is 289 g/mol. The Morgan fingerprint density at radius 3 is 2.57 bits per heavy atom.